The molecule has 0 saturated carbocycles. The Morgan fingerprint density at radius 3 is 2.56 bits per heavy atom. The van der Waals surface area contributed by atoms with Gasteiger partial charge in [0.15, 0.2) is 0 Å². The zero-order valence-corrected chi connectivity index (χ0v) is 11.2. The number of hydrogen-bond acceptors (Lipinski definition) is 3. The number of aliphatic hydroxyl groups is 1. The Kier molecular flexibility index (Phi) is 4.73. The van der Waals surface area contributed by atoms with Gasteiger partial charge in [0.25, 0.3) is 0 Å². The Morgan fingerprint density at radius 2 is 2.11 bits per heavy atom. The van der Waals surface area contributed by atoms with Crippen molar-refractivity contribution in [3.05, 3.63) is 29.3 Å². The van der Waals surface area contributed by atoms with Crippen molar-refractivity contribution in [3.63, 3.8) is 0 Å². The first-order valence-electron chi connectivity index (χ1n) is 6.10. The highest BCUT2D eigenvalue weighted by Crippen LogP contribution is 2.23. The second-order valence-electron chi connectivity index (χ2n) is 5.01. The highest BCUT2D eigenvalue weighted by atomic mass is 16.4. The van der Waals surface area contributed by atoms with Crippen molar-refractivity contribution in [2.24, 2.45) is 5.41 Å². The van der Waals surface area contributed by atoms with E-state index >= 15 is 0 Å². The Balaban J connectivity index is 2.77. The summed E-state index contributed by atoms with van der Waals surface area (Å²) in [5.41, 5.74) is 1.94. The van der Waals surface area contributed by atoms with Crippen molar-refractivity contribution in [2.75, 3.05) is 18.5 Å². The molecule has 0 aliphatic heterocycles. The zero-order chi connectivity index (χ0) is 13.8. The Hall–Kier alpha value is -1.55. The number of anilines is 1. The zero-order valence-electron chi connectivity index (χ0n) is 11.2. The van der Waals surface area contributed by atoms with Crippen molar-refractivity contribution in [2.45, 2.75) is 27.2 Å². The summed E-state index contributed by atoms with van der Waals surface area (Å²) in [6.45, 7) is 6.71. The molecule has 0 aromatic heterocycles. The average molecular weight is 251 g/mol. The molecule has 0 saturated heterocycles. The Morgan fingerprint density at radius 1 is 1.44 bits per heavy atom. The molecule has 0 fully saturated rings. The lowest BCUT2D eigenvalue weighted by Gasteiger charge is -2.26. The molecule has 3 N–H and O–H groups in total. The number of carboxylic acid groups (broad SMARTS) is 1. The summed E-state index contributed by atoms with van der Waals surface area (Å²) in [6, 6.07) is 5.00. The summed E-state index contributed by atoms with van der Waals surface area (Å²) in [7, 11) is 0. The van der Waals surface area contributed by atoms with Gasteiger partial charge in [-0.15, -0.1) is 0 Å². The maximum Gasteiger partial charge on any atom is 0.335 e. The van der Waals surface area contributed by atoms with Crippen molar-refractivity contribution in [1.29, 1.82) is 0 Å². The SMILES string of the molecule is CCC(C)(CO)CNc1ccc(C(=O)O)cc1C. The number of nitrogens with one attached hydrogen (secondary N) is 1. The first-order chi connectivity index (χ1) is 8.41. The first-order valence-corrected chi connectivity index (χ1v) is 6.10. The van der Waals surface area contributed by atoms with Crippen molar-refractivity contribution in [1.82, 2.24) is 0 Å². The number of rotatable bonds is 6. The molecule has 18 heavy (non-hydrogen) atoms. The largest absolute Gasteiger partial charge is 0.478 e. The van der Waals surface area contributed by atoms with Gasteiger partial charge in [0, 0.05) is 17.6 Å². The van der Waals surface area contributed by atoms with Crippen LogP contribution in [-0.2, 0) is 0 Å². The van der Waals surface area contributed by atoms with Crippen LogP contribution >= 0.6 is 0 Å². The molecule has 4 nitrogen and oxygen atoms in total. The highest BCUT2D eigenvalue weighted by Gasteiger charge is 2.20. The van der Waals surface area contributed by atoms with E-state index < -0.39 is 5.97 Å². The molecule has 0 aliphatic rings. The van der Waals surface area contributed by atoms with E-state index in [1.807, 2.05) is 20.8 Å². The summed E-state index contributed by atoms with van der Waals surface area (Å²) < 4.78 is 0. The molecule has 4 heteroatoms. The molecule has 0 bridgehead atoms. The van der Waals surface area contributed by atoms with Crippen LogP contribution in [0.1, 0.15) is 36.2 Å². The van der Waals surface area contributed by atoms with Crippen LogP contribution in [0.15, 0.2) is 18.2 Å². The van der Waals surface area contributed by atoms with Crippen molar-refractivity contribution >= 4 is 11.7 Å². The maximum absolute atomic E-state index is 10.8. The van der Waals surface area contributed by atoms with Gasteiger partial charge in [-0.3, -0.25) is 0 Å². The standard InChI is InChI=1S/C14H21NO3/c1-4-14(3,9-16)8-15-12-6-5-11(13(17)18)7-10(12)2/h5-7,15-16H,4,8-9H2,1-3H3,(H,17,18). The molecule has 0 amide bonds. The minimum Gasteiger partial charge on any atom is -0.478 e. The molecule has 1 unspecified atom stereocenters. The van der Waals surface area contributed by atoms with E-state index in [4.69, 9.17) is 5.11 Å². The third-order valence-electron chi connectivity index (χ3n) is 3.41. The van der Waals surface area contributed by atoms with E-state index in [1.165, 1.54) is 0 Å². The summed E-state index contributed by atoms with van der Waals surface area (Å²) in [5, 5.41) is 21.5. The molecule has 0 heterocycles. The number of hydrogen-bond donors (Lipinski definition) is 3. The quantitative estimate of drug-likeness (QED) is 0.726. The number of aliphatic hydroxyl groups excluding tert-OH is 1. The lowest BCUT2D eigenvalue weighted by molar-refractivity contribution is 0.0697. The molecule has 0 radical (unpaired) electrons. The second kappa shape index (κ2) is 5.87. The van der Waals surface area contributed by atoms with Crippen LogP contribution in [-0.4, -0.2) is 29.3 Å². The lowest BCUT2D eigenvalue weighted by Crippen LogP contribution is -2.29. The van der Waals surface area contributed by atoms with Gasteiger partial charge in [-0.1, -0.05) is 13.8 Å². The minimum absolute atomic E-state index is 0.128. The van der Waals surface area contributed by atoms with Crippen LogP contribution < -0.4 is 5.32 Å². The Bertz CT molecular complexity index is 425. The van der Waals surface area contributed by atoms with E-state index in [0.29, 0.717) is 12.1 Å². The summed E-state index contributed by atoms with van der Waals surface area (Å²) in [4.78, 5) is 10.8. The molecular formula is C14H21NO3. The van der Waals surface area contributed by atoms with Gasteiger partial charge in [0.2, 0.25) is 0 Å². The predicted octanol–water partition coefficient (Wildman–Crippen LogP) is 2.51. The number of benzene rings is 1. The number of aryl methyl sites for hydroxylation is 1. The number of aromatic carboxylic acids is 1. The van der Waals surface area contributed by atoms with E-state index in [2.05, 4.69) is 5.32 Å². The van der Waals surface area contributed by atoms with E-state index in [9.17, 15) is 9.90 Å². The number of carboxylic acids is 1. The second-order valence-corrected chi connectivity index (χ2v) is 5.01. The predicted molar refractivity (Wildman–Crippen MR) is 72.1 cm³/mol. The fourth-order valence-corrected chi connectivity index (χ4v) is 1.60. The van der Waals surface area contributed by atoms with Crippen LogP contribution in [0.2, 0.25) is 0 Å². The molecule has 1 rings (SSSR count). The van der Waals surface area contributed by atoms with Gasteiger partial charge < -0.3 is 15.5 Å². The average Bonchev–Trinajstić information content (AvgIpc) is 2.36. The van der Waals surface area contributed by atoms with Gasteiger partial charge in [0.1, 0.15) is 0 Å². The molecule has 1 aromatic rings. The van der Waals surface area contributed by atoms with Crippen molar-refractivity contribution in [3.8, 4) is 0 Å². The maximum atomic E-state index is 10.8. The minimum atomic E-state index is -0.918. The highest BCUT2D eigenvalue weighted by molar-refractivity contribution is 5.88. The monoisotopic (exact) mass is 251 g/mol. The summed E-state index contributed by atoms with van der Waals surface area (Å²) in [6.07, 6.45) is 0.878. The topological polar surface area (TPSA) is 69.6 Å². The summed E-state index contributed by atoms with van der Waals surface area (Å²) >= 11 is 0. The van der Waals surface area contributed by atoms with Gasteiger partial charge in [-0.05, 0) is 37.1 Å². The molecule has 0 aliphatic carbocycles. The fraction of sp³-hybridized carbons (Fsp3) is 0.500. The molecule has 0 spiro atoms. The third-order valence-corrected chi connectivity index (χ3v) is 3.41. The molecular weight excluding hydrogens is 230 g/mol. The van der Waals surface area contributed by atoms with Gasteiger partial charge in [-0.25, -0.2) is 4.79 Å². The van der Waals surface area contributed by atoms with Crippen LogP contribution in [0.25, 0.3) is 0 Å². The first kappa shape index (κ1) is 14.5. The normalized spacial score (nSPS) is 14.0. The molecule has 1 atom stereocenters. The van der Waals surface area contributed by atoms with Crippen LogP contribution in [0.4, 0.5) is 5.69 Å². The van der Waals surface area contributed by atoms with E-state index in [-0.39, 0.29) is 12.0 Å². The van der Waals surface area contributed by atoms with Gasteiger partial charge in [0.05, 0.1) is 12.2 Å². The Labute approximate surface area is 108 Å². The lowest BCUT2D eigenvalue weighted by atomic mass is 9.88. The number of carbonyl (C=O) groups is 1. The van der Waals surface area contributed by atoms with E-state index in [1.54, 1.807) is 18.2 Å². The van der Waals surface area contributed by atoms with Gasteiger partial charge >= 0.3 is 5.97 Å². The van der Waals surface area contributed by atoms with E-state index in [0.717, 1.165) is 17.7 Å². The third kappa shape index (κ3) is 3.47. The fourth-order valence-electron chi connectivity index (χ4n) is 1.60. The van der Waals surface area contributed by atoms with Crippen LogP contribution in [0.5, 0.6) is 0 Å². The van der Waals surface area contributed by atoms with Crippen LogP contribution in [0.3, 0.4) is 0 Å². The molecule has 1 aromatic carbocycles. The van der Waals surface area contributed by atoms with Crippen molar-refractivity contribution < 1.29 is 15.0 Å². The van der Waals surface area contributed by atoms with Crippen LogP contribution in [0, 0.1) is 12.3 Å². The summed E-state index contributed by atoms with van der Waals surface area (Å²) in [5.74, 6) is -0.918. The van der Waals surface area contributed by atoms with Gasteiger partial charge in [-0.2, -0.15) is 0 Å². The smallest absolute Gasteiger partial charge is 0.335 e. The molecule has 100 valence electrons.